The standard InChI is InChI=1S/C5H10NO3S/c1-10(7,8)9-5-2-3-6-4-5/h5H,2-4H2,1H3. The maximum atomic E-state index is 10.5. The van der Waals surface area contributed by atoms with Gasteiger partial charge in [-0.1, -0.05) is 0 Å². The van der Waals surface area contributed by atoms with Crippen LogP contribution in [0.2, 0.25) is 0 Å². The van der Waals surface area contributed by atoms with Gasteiger partial charge in [-0.05, 0) is 6.42 Å². The van der Waals surface area contributed by atoms with Crippen LogP contribution in [0.4, 0.5) is 0 Å². The Labute approximate surface area is 60.7 Å². The highest BCUT2D eigenvalue weighted by molar-refractivity contribution is 7.86. The topological polar surface area (TPSA) is 57.5 Å². The first kappa shape index (κ1) is 7.97. The SMILES string of the molecule is CS(=O)(=O)OC1CC[N]C1. The average molecular weight is 164 g/mol. The minimum Gasteiger partial charge on any atom is -0.266 e. The Balaban J connectivity index is 2.38. The van der Waals surface area contributed by atoms with Crippen LogP contribution in [0.3, 0.4) is 0 Å². The highest BCUT2D eigenvalue weighted by atomic mass is 32.2. The Kier molecular flexibility index (Phi) is 2.28. The van der Waals surface area contributed by atoms with E-state index < -0.39 is 10.1 Å². The summed E-state index contributed by atoms with van der Waals surface area (Å²) in [5.74, 6) is 0. The minimum atomic E-state index is -3.27. The van der Waals surface area contributed by atoms with Crippen molar-refractivity contribution in [1.82, 2.24) is 5.32 Å². The third-order valence-corrected chi connectivity index (χ3v) is 1.87. The van der Waals surface area contributed by atoms with E-state index in [1.807, 2.05) is 0 Å². The van der Waals surface area contributed by atoms with Gasteiger partial charge in [0.25, 0.3) is 10.1 Å². The molecule has 1 fully saturated rings. The Bertz CT molecular complexity index is 193. The zero-order valence-corrected chi connectivity index (χ0v) is 6.60. The summed E-state index contributed by atoms with van der Waals surface area (Å²) in [6.45, 7) is 1.24. The molecule has 0 N–H and O–H groups in total. The van der Waals surface area contributed by atoms with Gasteiger partial charge >= 0.3 is 0 Å². The molecular weight excluding hydrogens is 154 g/mol. The predicted octanol–water partition coefficient (Wildman–Crippen LogP) is -0.661. The van der Waals surface area contributed by atoms with Crippen molar-refractivity contribution in [2.45, 2.75) is 12.5 Å². The fourth-order valence-electron chi connectivity index (χ4n) is 0.888. The van der Waals surface area contributed by atoms with Gasteiger partial charge in [-0.3, -0.25) is 4.18 Å². The molecule has 1 atom stereocenters. The van der Waals surface area contributed by atoms with E-state index in [0.29, 0.717) is 6.54 Å². The summed E-state index contributed by atoms with van der Waals surface area (Å²) in [6, 6.07) is 0. The van der Waals surface area contributed by atoms with Gasteiger partial charge in [-0.15, -0.1) is 0 Å². The second kappa shape index (κ2) is 2.86. The molecule has 1 aliphatic rings. The second-order valence-corrected chi connectivity index (χ2v) is 3.94. The van der Waals surface area contributed by atoms with Crippen molar-refractivity contribution in [1.29, 1.82) is 0 Å². The summed E-state index contributed by atoms with van der Waals surface area (Å²) in [5.41, 5.74) is 0. The lowest BCUT2D eigenvalue weighted by molar-refractivity contribution is 0.232. The molecule has 0 aromatic rings. The highest BCUT2D eigenvalue weighted by Gasteiger charge is 2.19. The van der Waals surface area contributed by atoms with E-state index in [2.05, 4.69) is 9.50 Å². The highest BCUT2D eigenvalue weighted by Crippen LogP contribution is 2.06. The molecule has 0 amide bonds. The van der Waals surface area contributed by atoms with E-state index in [1.165, 1.54) is 0 Å². The van der Waals surface area contributed by atoms with Crippen LogP contribution >= 0.6 is 0 Å². The normalized spacial score (nSPS) is 27.1. The lowest BCUT2D eigenvalue weighted by Gasteiger charge is -2.05. The molecule has 1 aliphatic heterocycles. The first-order valence-electron chi connectivity index (χ1n) is 3.09. The molecule has 0 spiro atoms. The fraction of sp³-hybridized carbons (Fsp3) is 1.00. The number of hydrogen-bond donors (Lipinski definition) is 0. The lowest BCUT2D eigenvalue weighted by Crippen LogP contribution is -2.18. The van der Waals surface area contributed by atoms with Gasteiger partial charge in [0, 0.05) is 13.1 Å². The van der Waals surface area contributed by atoms with Crippen LogP contribution in [0, 0.1) is 0 Å². The maximum absolute atomic E-state index is 10.5. The number of hydrogen-bond acceptors (Lipinski definition) is 3. The summed E-state index contributed by atoms with van der Waals surface area (Å²) in [6.07, 6.45) is 1.59. The van der Waals surface area contributed by atoms with Crippen LogP contribution in [0.1, 0.15) is 6.42 Å². The van der Waals surface area contributed by atoms with E-state index >= 15 is 0 Å². The van der Waals surface area contributed by atoms with Gasteiger partial charge in [0.05, 0.1) is 12.4 Å². The minimum absolute atomic E-state index is 0.199. The first-order chi connectivity index (χ1) is 4.58. The van der Waals surface area contributed by atoms with Gasteiger partial charge in [0.15, 0.2) is 0 Å². The van der Waals surface area contributed by atoms with E-state index in [-0.39, 0.29) is 6.10 Å². The monoisotopic (exact) mass is 164 g/mol. The van der Waals surface area contributed by atoms with Gasteiger partial charge < -0.3 is 0 Å². The van der Waals surface area contributed by atoms with Crippen LogP contribution in [0.25, 0.3) is 0 Å². The summed E-state index contributed by atoms with van der Waals surface area (Å²) < 4.78 is 25.7. The molecule has 0 aromatic carbocycles. The van der Waals surface area contributed by atoms with Gasteiger partial charge in [-0.25, -0.2) is 5.32 Å². The van der Waals surface area contributed by atoms with E-state index in [1.54, 1.807) is 0 Å². The molecule has 5 heteroatoms. The summed E-state index contributed by atoms with van der Waals surface area (Å²) in [5, 5.41) is 3.96. The Morgan fingerprint density at radius 1 is 1.60 bits per heavy atom. The maximum Gasteiger partial charge on any atom is 0.264 e. The molecule has 0 saturated carbocycles. The smallest absolute Gasteiger partial charge is 0.264 e. The summed E-state index contributed by atoms with van der Waals surface area (Å²) in [4.78, 5) is 0. The summed E-state index contributed by atoms with van der Waals surface area (Å²) >= 11 is 0. The fourth-order valence-corrected chi connectivity index (χ4v) is 1.54. The summed E-state index contributed by atoms with van der Waals surface area (Å²) in [7, 11) is -3.27. The molecule has 0 aromatic heterocycles. The van der Waals surface area contributed by atoms with Crippen LogP contribution in [-0.2, 0) is 14.3 Å². The number of nitrogens with zero attached hydrogens (tertiary/aromatic N) is 1. The quantitative estimate of drug-likeness (QED) is 0.509. The van der Waals surface area contributed by atoms with E-state index in [0.717, 1.165) is 19.2 Å². The van der Waals surface area contributed by atoms with E-state index in [9.17, 15) is 8.42 Å². The van der Waals surface area contributed by atoms with Crippen molar-refractivity contribution in [2.75, 3.05) is 19.3 Å². The molecule has 1 radical (unpaired) electrons. The Morgan fingerprint density at radius 3 is 2.70 bits per heavy atom. The zero-order valence-electron chi connectivity index (χ0n) is 5.78. The van der Waals surface area contributed by atoms with Crippen LogP contribution in [-0.4, -0.2) is 33.9 Å². The molecule has 1 saturated heterocycles. The molecule has 1 heterocycles. The third kappa shape index (κ3) is 2.64. The van der Waals surface area contributed by atoms with Crippen molar-refractivity contribution in [3.05, 3.63) is 0 Å². The van der Waals surface area contributed by atoms with Crippen molar-refractivity contribution in [3.63, 3.8) is 0 Å². The second-order valence-electron chi connectivity index (χ2n) is 2.34. The van der Waals surface area contributed by atoms with Crippen molar-refractivity contribution in [2.24, 2.45) is 0 Å². The third-order valence-electron chi connectivity index (χ3n) is 1.25. The average Bonchev–Trinajstić information content (AvgIpc) is 2.12. The van der Waals surface area contributed by atoms with Crippen LogP contribution < -0.4 is 5.32 Å². The molecule has 1 rings (SSSR count). The lowest BCUT2D eigenvalue weighted by atomic mass is 10.3. The Morgan fingerprint density at radius 2 is 2.30 bits per heavy atom. The molecule has 1 unspecified atom stereocenters. The van der Waals surface area contributed by atoms with Gasteiger partial charge in [0.1, 0.15) is 0 Å². The largest absolute Gasteiger partial charge is 0.266 e. The van der Waals surface area contributed by atoms with Crippen molar-refractivity contribution < 1.29 is 12.6 Å². The van der Waals surface area contributed by atoms with E-state index in [4.69, 9.17) is 0 Å². The molecule has 4 nitrogen and oxygen atoms in total. The first-order valence-corrected chi connectivity index (χ1v) is 4.91. The molecule has 0 bridgehead atoms. The van der Waals surface area contributed by atoms with Crippen molar-refractivity contribution >= 4 is 10.1 Å². The molecule has 10 heavy (non-hydrogen) atoms. The molecule has 59 valence electrons. The molecule has 0 aliphatic carbocycles. The van der Waals surface area contributed by atoms with Crippen LogP contribution in [0.5, 0.6) is 0 Å². The van der Waals surface area contributed by atoms with Gasteiger partial charge in [-0.2, -0.15) is 8.42 Å². The predicted molar refractivity (Wildman–Crippen MR) is 36.2 cm³/mol. The Hall–Kier alpha value is -0.130. The van der Waals surface area contributed by atoms with Gasteiger partial charge in [0.2, 0.25) is 0 Å². The van der Waals surface area contributed by atoms with Crippen LogP contribution in [0.15, 0.2) is 0 Å². The van der Waals surface area contributed by atoms with Crippen molar-refractivity contribution in [3.8, 4) is 0 Å². The zero-order chi connectivity index (χ0) is 7.61. The number of rotatable bonds is 2. The molecular formula is C5H10NO3S.